The number of nitrogens with one attached hydrogen (secondary N) is 2. The van der Waals surface area contributed by atoms with Gasteiger partial charge in [0, 0.05) is 12.1 Å². The average molecular weight is 338 g/mol. The molecular formula is C14H15F5N2O2. The number of hydrogen-bond acceptors (Lipinski definition) is 3. The highest BCUT2D eigenvalue weighted by molar-refractivity contribution is 5.95. The first-order valence-electron chi connectivity index (χ1n) is 6.78. The second kappa shape index (κ2) is 6.31. The van der Waals surface area contributed by atoms with E-state index in [0.29, 0.717) is 11.3 Å². The van der Waals surface area contributed by atoms with Gasteiger partial charge < -0.3 is 10.1 Å². The summed E-state index contributed by atoms with van der Waals surface area (Å²) in [4.78, 5) is 11.9. The van der Waals surface area contributed by atoms with Gasteiger partial charge in [-0.2, -0.15) is 13.2 Å². The lowest BCUT2D eigenvalue weighted by atomic mass is 10.1. The number of anilines is 1. The first kappa shape index (κ1) is 17.5. The zero-order valence-corrected chi connectivity index (χ0v) is 12.1. The molecule has 1 amide bonds. The number of rotatable bonds is 4. The van der Waals surface area contributed by atoms with Crippen LogP contribution in [0.15, 0.2) is 18.2 Å². The predicted octanol–water partition coefficient (Wildman–Crippen LogP) is 2.87. The summed E-state index contributed by atoms with van der Waals surface area (Å²) in [5, 5.41) is 4.87. The van der Waals surface area contributed by atoms with Gasteiger partial charge in [-0.1, -0.05) is 0 Å². The van der Waals surface area contributed by atoms with Crippen LogP contribution in [0.5, 0.6) is 5.75 Å². The van der Waals surface area contributed by atoms with Crippen molar-refractivity contribution >= 4 is 11.6 Å². The highest BCUT2D eigenvalue weighted by Crippen LogP contribution is 2.27. The number of aryl methyl sites for hydroxylation is 1. The van der Waals surface area contributed by atoms with Gasteiger partial charge in [0.2, 0.25) is 5.91 Å². The topological polar surface area (TPSA) is 50.4 Å². The second-order valence-corrected chi connectivity index (χ2v) is 5.37. The molecule has 1 saturated heterocycles. The Hall–Kier alpha value is -1.90. The molecule has 0 saturated carbocycles. The Balaban J connectivity index is 1.96. The normalized spacial score (nSPS) is 20.3. The molecule has 1 aromatic rings. The molecule has 2 rings (SSSR count). The van der Waals surface area contributed by atoms with Crippen molar-refractivity contribution in [1.29, 1.82) is 0 Å². The maximum absolute atomic E-state index is 13.0. The van der Waals surface area contributed by atoms with Crippen molar-refractivity contribution in [2.24, 2.45) is 0 Å². The Morgan fingerprint density at radius 2 is 2.13 bits per heavy atom. The van der Waals surface area contributed by atoms with Crippen LogP contribution >= 0.6 is 0 Å². The van der Waals surface area contributed by atoms with E-state index in [0.717, 1.165) is 0 Å². The number of alkyl halides is 5. The molecule has 1 unspecified atom stereocenters. The fraction of sp³-hybridized carbons (Fsp3) is 0.500. The second-order valence-electron chi connectivity index (χ2n) is 5.37. The minimum absolute atomic E-state index is 0.0332. The lowest BCUT2D eigenvalue weighted by Crippen LogP contribution is -2.35. The van der Waals surface area contributed by atoms with Crippen LogP contribution in [0.25, 0.3) is 0 Å². The highest BCUT2D eigenvalue weighted by atomic mass is 19.4. The molecule has 1 fully saturated rings. The molecule has 23 heavy (non-hydrogen) atoms. The minimum atomic E-state index is -4.45. The fourth-order valence-electron chi connectivity index (χ4n) is 2.18. The number of carbonyl (C=O) groups excluding carboxylic acids is 1. The molecule has 9 heteroatoms. The van der Waals surface area contributed by atoms with Crippen LogP contribution in [-0.2, 0) is 4.79 Å². The Kier molecular flexibility index (Phi) is 4.79. The van der Waals surface area contributed by atoms with E-state index in [2.05, 4.69) is 15.4 Å². The van der Waals surface area contributed by atoms with Gasteiger partial charge in [0.25, 0.3) is 5.92 Å². The summed E-state index contributed by atoms with van der Waals surface area (Å²) in [6, 6.07) is 3.04. The Bertz CT molecular complexity index is 589. The molecule has 0 spiro atoms. The van der Waals surface area contributed by atoms with Crippen molar-refractivity contribution in [3.63, 3.8) is 0 Å². The highest BCUT2D eigenvalue weighted by Gasteiger charge is 2.42. The molecule has 1 heterocycles. The number of hydrogen-bond donors (Lipinski definition) is 2. The van der Waals surface area contributed by atoms with Gasteiger partial charge in [-0.15, -0.1) is 0 Å². The maximum Gasteiger partial charge on any atom is 0.422 e. The third kappa shape index (κ3) is 5.05. The first-order chi connectivity index (χ1) is 10.6. The largest absolute Gasteiger partial charge is 0.484 e. The summed E-state index contributed by atoms with van der Waals surface area (Å²) in [6.07, 6.45) is -5.04. The molecule has 1 aliphatic rings. The number of halogens is 5. The fourth-order valence-corrected chi connectivity index (χ4v) is 2.18. The standard InChI is InChI=1S/C14H15F5N2O2/c1-8-4-9(2-3-11(8)23-7-14(17,18)19)21-12(22)10-5-13(15,16)6-20-10/h2-4,10,20H,5-7H2,1H3,(H,21,22). The van der Waals surface area contributed by atoms with Crippen LogP contribution < -0.4 is 15.4 Å². The predicted molar refractivity (Wildman–Crippen MR) is 72.7 cm³/mol. The first-order valence-corrected chi connectivity index (χ1v) is 6.78. The molecule has 0 radical (unpaired) electrons. The van der Waals surface area contributed by atoms with E-state index in [4.69, 9.17) is 0 Å². The van der Waals surface area contributed by atoms with Crippen molar-refractivity contribution < 1.29 is 31.5 Å². The number of benzene rings is 1. The van der Waals surface area contributed by atoms with E-state index in [1.807, 2.05) is 0 Å². The summed E-state index contributed by atoms with van der Waals surface area (Å²) >= 11 is 0. The summed E-state index contributed by atoms with van der Waals surface area (Å²) in [5.41, 5.74) is 0.681. The average Bonchev–Trinajstić information content (AvgIpc) is 2.77. The van der Waals surface area contributed by atoms with Crippen molar-refractivity contribution in [2.75, 3.05) is 18.5 Å². The molecule has 1 atom stereocenters. The zero-order valence-electron chi connectivity index (χ0n) is 12.1. The van der Waals surface area contributed by atoms with Crippen LogP contribution in [0.4, 0.5) is 27.6 Å². The molecule has 1 aromatic carbocycles. The van der Waals surface area contributed by atoms with Crippen LogP contribution in [-0.4, -0.2) is 37.2 Å². The van der Waals surface area contributed by atoms with Gasteiger partial charge in [-0.3, -0.25) is 10.1 Å². The van der Waals surface area contributed by atoms with Crippen LogP contribution in [0.3, 0.4) is 0 Å². The van der Waals surface area contributed by atoms with Gasteiger partial charge in [0.05, 0.1) is 12.6 Å². The molecule has 4 nitrogen and oxygen atoms in total. The third-order valence-corrected chi connectivity index (χ3v) is 3.26. The Morgan fingerprint density at radius 3 is 2.65 bits per heavy atom. The number of carbonyl (C=O) groups is 1. The van der Waals surface area contributed by atoms with E-state index in [1.165, 1.54) is 25.1 Å². The van der Waals surface area contributed by atoms with E-state index in [9.17, 15) is 26.7 Å². The van der Waals surface area contributed by atoms with E-state index in [-0.39, 0.29) is 5.75 Å². The van der Waals surface area contributed by atoms with Crippen molar-refractivity contribution in [1.82, 2.24) is 5.32 Å². The van der Waals surface area contributed by atoms with Gasteiger partial charge in [0.1, 0.15) is 5.75 Å². The SMILES string of the molecule is Cc1cc(NC(=O)C2CC(F)(F)CN2)ccc1OCC(F)(F)F. The number of ether oxygens (including phenoxy) is 1. The van der Waals surface area contributed by atoms with Gasteiger partial charge in [-0.05, 0) is 30.7 Å². The molecule has 1 aliphatic heterocycles. The monoisotopic (exact) mass is 338 g/mol. The summed E-state index contributed by atoms with van der Waals surface area (Å²) in [6.45, 7) is -0.460. The van der Waals surface area contributed by atoms with Gasteiger partial charge >= 0.3 is 6.18 Å². The minimum Gasteiger partial charge on any atom is -0.484 e. The molecule has 0 aromatic heterocycles. The number of amides is 1. The summed E-state index contributed by atoms with van der Waals surface area (Å²) in [5.74, 6) is -3.51. The van der Waals surface area contributed by atoms with Gasteiger partial charge in [-0.25, -0.2) is 8.78 Å². The smallest absolute Gasteiger partial charge is 0.422 e. The lowest BCUT2D eigenvalue weighted by Gasteiger charge is -2.14. The van der Waals surface area contributed by atoms with Crippen molar-refractivity contribution in [3.05, 3.63) is 23.8 Å². The molecule has 0 bridgehead atoms. The Labute approximate surface area is 129 Å². The molecular weight excluding hydrogens is 323 g/mol. The molecule has 0 aliphatic carbocycles. The van der Waals surface area contributed by atoms with E-state index in [1.54, 1.807) is 0 Å². The summed E-state index contributed by atoms with van der Waals surface area (Å²) < 4.78 is 67.0. The molecule has 128 valence electrons. The van der Waals surface area contributed by atoms with Crippen LogP contribution in [0, 0.1) is 6.92 Å². The van der Waals surface area contributed by atoms with E-state index >= 15 is 0 Å². The summed E-state index contributed by atoms with van der Waals surface area (Å²) in [7, 11) is 0. The third-order valence-electron chi connectivity index (χ3n) is 3.26. The van der Waals surface area contributed by atoms with Crippen LogP contribution in [0.2, 0.25) is 0 Å². The Morgan fingerprint density at radius 1 is 1.43 bits per heavy atom. The van der Waals surface area contributed by atoms with Crippen LogP contribution in [0.1, 0.15) is 12.0 Å². The maximum atomic E-state index is 13.0. The van der Waals surface area contributed by atoms with Gasteiger partial charge in [0.15, 0.2) is 6.61 Å². The van der Waals surface area contributed by atoms with Crippen molar-refractivity contribution in [2.45, 2.75) is 31.5 Å². The van der Waals surface area contributed by atoms with E-state index < -0.39 is 43.6 Å². The van der Waals surface area contributed by atoms with Crippen molar-refractivity contribution in [3.8, 4) is 5.75 Å². The lowest BCUT2D eigenvalue weighted by molar-refractivity contribution is -0.153. The molecule has 2 N–H and O–H groups in total. The zero-order chi connectivity index (χ0) is 17.3. The quantitative estimate of drug-likeness (QED) is 0.830.